The number of nitrogens with zero attached hydrogens (tertiary/aromatic N) is 2. The van der Waals surface area contributed by atoms with Crippen LogP contribution < -0.4 is 0 Å². The highest BCUT2D eigenvalue weighted by molar-refractivity contribution is 6.01. The molecule has 2 aliphatic rings. The van der Waals surface area contributed by atoms with Gasteiger partial charge in [-0.25, -0.2) is 0 Å². The Kier molecular flexibility index (Phi) is 4.32. The van der Waals surface area contributed by atoms with Crippen LogP contribution in [0.3, 0.4) is 0 Å². The van der Waals surface area contributed by atoms with Gasteiger partial charge in [-0.1, -0.05) is 24.3 Å². The number of hydrogen-bond donors (Lipinski definition) is 0. The molecule has 3 rings (SSSR count). The zero-order chi connectivity index (χ0) is 17.3. The topological polar surface area (TPSA) is 80.5 Å². The molecule has 0 amide bonds. The van der Waals surface area contributed by atoms with Crippen LogP contribution >= 0.6 is 0 Å². The van der Waals surface area contributed by atoms with Gasteiger partial charge in [0.15, 0.2) is 5.78 Å². The Hall–Kier alpha value is -2.34. The Morgan fingerprint density at radius 1 is 1.42 bits per heavy atom. The molecular weight excluding hydrogens is 308 g/mol. The van der Waals surface area contributed by atoms with Gasteiger partial charge in [-0.15, -0.1) is 0 Å². The average Bonchev–Trinajstić information content (AvgIpc) is 2.94. The molecule has 24 heavy (non-hydrogen) atoms. The van der Waals surface area contributed by atoms with E-state index in [0.717, 1.165) is 0 Å². The molecule has 1 aromatic rings. The summed E-state index contributed by atoms with van der Waals surface area (Å²) in [4.78, 5) is 37.4. The van der Waals surface area contributed by atoms with Crippen molar-refractivity contribution in [3.8, 4) is 0 Å². The normalized spacial score (nSPS) is 26.4. The van der Waals surface area contributed by atoms with Crippen molar-refractivity contribution < 1.29 is 14.5 Å². The summed E-state index contributed by atoms with van der Waals surface area (Å²) in [6, 6.07) is 6.41. The Bertz CT molecular complexity index is 727. The van der Waals surface area contributed by atoms with Crippen LogP contribution in [0.5, 0.6) is 0 Å². The summed E-state index contributed by atoms with van der Waals surface area (Å²) in [6.07, 6.45) is 5.04. The third-order valence-corrected chi connectivity index (χ3v) is 5.20. The van der Waals surface area contributed by atoms with Crippen molar-refractivity contribution in [1.82, 2.24) is 4.90 Å². The molecule has 0 bridgehead atoms. The van der Waals surface area contributed by atoms with Gasteiger partial charge in [0.25, 0.3) is 5.69 Å². The van der Waals surface area contributed by atoms with Crippen LogP contribution in [0.15, 0.2) is 36.4 Å². The van der Waals surface area contributed by atoms with Crippen molar-refractivity contribution in [2.75, 3.05) is 13.1 Å². The molecule has 0 spiro atoms. The largest absolute Gasteiger partial charge is 0.300 e. The first-order valence-corrected chi connectivity index (χ1v) is 8.15. The lowest BCUT2D eigenvalue weighted by atomic mass is 9.67. The number of hydrogen-bond acceptors (Lipinski definition) is 5. The van der Waals surface area contributed by atoms with Crippen LogP contribution in [0.25, 0.3) is 0 Å². The highest BCUT2D eigenvalue weighted by Gasteiger charge is 2.55. The Morgan fingerprint density at radius 2 is 2.17 bits per heavy atom. The van der Waals surface area contributed by atoms with E-state index >= 15 is 0 Å². The molecule has 1 aliphatic carbocycles. The lowest BCUT2D eigenvalue weighted by Crippen LogP contribution is -2.49. The molecule has 0 N–H and O–H groups in total. The summed E-state index contributed by atoms with van der Waals surface area (Å²) < 4.78 is 0. The first kappa shape index (κ1) is 16.5. The molecule has 1 aliphatic heterocycles. The van der Waals surface area contributed by atoms with Crippen LogP contribution in [0.2, 0.25) is 0 Å². The second-order valence-corrected chi connectivity index (χ2v) is 6.50. The van der Waals surface area contributed by atoms with Crippen molar-refractivity contribution in [2.24, 2.45) is 0 Å². The van der Waals surface area contributed by atoms with Crippen molar-refractivity contribution in [2.45, 2.75) is 37.6 Å². The number of rotatable bonds is 5. The van der Waals surface area contributed by atoms with Gasteiger partial charge in [0.1, 0.15) is 5.78 Å². The maximum atomic E-state index is 12.9. The van der Waals surface area contributed by atoms with Crippen molar-refractivity contribution >= 4 is 17.3 Å². The van der Waals surface area contributed by atoms with E-state index in [0.29, 0.717) is 37.9 Å². The number of fused-ring (bicyclic) bond motifs is 1. The number of carbonyl (C=O) groups excluding carboxylic acids is 2. The maximum absolute atomic E-state index is 12.9. The molecule has 1 saturated heterocycles. The van der Waals surface area contributed by atoms with Crippen molar-refractivity contribution in [3.05, 3.63) is 52.1 Å². The minimum absolute atomic E-state index is 0.000400. The number of benzene rings is 1. The van der Waals surface area contributed by atoms with E-state index in [1.54, 1.807) is 31.2 Å². The molecule has 0 aromatic heterocycles. The molecule has 6 heteroatoms. The molecule has 1 fully saturated rings. The lowest BCUT2D eigenvalue weighted by molar-refractivity contribution is -0.386. The second-order valence-electron chi connectivity index (χ2n) is 6.50. The first-order valence-electron chi connectivity index (χ1n) is 8.15. The fourth-order valence-corrected chi connectivity index (χ4v) is 4.07. The zero-order valence-corrected chi connectivity index (χ0v) is 13.6. The van der Waals surface area contributed by atoms with Crippen LogP contribution in [0, 0.1) is 10.1 Å². The molecule has 0 radical (unpaired) electrons. The highest BCUT2D eigenvalue weighted by atomic mass is 16.6. The van der Waals surface area contributed by atoms with Crippen molar-refractivity contribution in [1.29, 1.82) is 0 Å². The lowest BCUT2D eigenvalue weighted by Gasteiger charge is -2.38. The van der Waals surface area contributed by atoms with Crippen molar-refractivity contribution in [3.63, 3.8) is 0 Å². The van der Waals surface area contributed by atoms with Gasteiger partial charge in [-0.2, -0.15) is 0 Å². The fraction of sp³-hybridized carbons (Fsp3) is 0.444. The molecule has 126 valence electrons. The van der Waals surface area contributed by atoms with E-state index in [1.165, 1.54) is 6.07 Å². The minimum atomic E-state index is -0.880. The van der Waals surface area contributed by atoms with E-state index in [2.05, 4.69) is 4.90 Å². The van der Waals surface area contributed by atoms with Gasteiger partial charge in [-0.3, -0.25) is 24.6 Å². The third kappa shape index (κ3) is 2.57. The van der Waals surface area contributed by atoms with Gasteiger partial charge >= 0.3 is 0 Å². The number of ketones is 2. The summed E-state index contributed by atoms with van der Waals surface area (Å²) in [5, 5.41) is 11.5. The first-order chi connectivity index (χ1) is 11.5. The predicted octanol–water partition coefficient (Wildman–Crippen LogP) is 2.42. The van der Waals surface area contributed by atoms with E-state index in [9.17, 15) is 19.7 Å². The van der Waals surface area contributed by atoms with Gasteiger partial charge in [0.05, 0.1) is 10.3 Å². The van der Waals surface area contributed by atoms with Gasteiger partial charge in [0, 0.05) is 30.6 Å². The van der Waals surface area contributed by atoms with Crippen LogP contribution in [-0.4, -0.2) is 40.5 Å². The number of nitro groups is 1. The summed E-state index contributed by atoms with van der Waals surface area (Å²) in [6.45, 7) is 2.80. The highest BCUT2D eigenvalue weighted by Crippen LogP contribution is 2.47. The molecule has 1 aromatic carbocycles. The Labute approximate surface area is 140 Å². The molecule has 6 nitrogen and oxygen atoms in total. The summed E-state index contributed by atoms with van der Waals surface area (Å²) in [5.74, 6) is 0.0363. The van der Waals surface area contributed by atoms with E-state index < -0.39 is 10.3 Å². The SMILES string of the molecule is CC(=O)CCN1CC[C@]2(c3ccccc3[N+](=O)[O-])C(=O)C=CC[C@H]12. The molecular formula is C18H20N2O4. The monoisotopic (exact) mass is 328 g/mol. The molecule has 0 saturated carbocycles. The summed E-state index contributed by atoms with van der Waals surface area (Å²) >= 11 is 0. The standard InChI is InChI=1S/C18H20N2O4/c1-13(21)9-11-19-12-10-18(16(19)7-4-8-17(18)22)14-5-2-3-6-15(14)20(23)24/h2-6,8,16H,7,9-12H2,1H3/t16-,18+/m0/s1. The molecule has 0 unspecified atom stereocenters. The molecule has 2 atom stereocenters. The maximum Gasteiger partial charge on any atom is 0.273 e. The number of allylic oxidation sites excluding steroid dienone is 1. The zero-order valence-electron chi connectivity index (χ0n) is 13.6. The van der Waals surface area contributed by atoms with Gasteiger partial charge in [-0.05, 0) is 32.4 Å². The van der Waals surface area contributed by atoms with E-state index in [4.69, 9.17) is 0 Å². The Morgan fingerprint density at radius 3 is 2.88 bits per heavy atom. The van der Waals surface area contributed by atoms with Crippen LogP contribution in [0.4, 0.5) is 5.69 Å². The minimum Gasteiger partial charge on any atom is -0.300 e. The number of likely N-dealkylation sites (tertiary alicyclic amines) is 1. The average molecular weight is 328 g/mol. The van der Waals surface area contributed by atoms with Crippen LogP contribution in [-0.2, 0) is 15.0 Å². The number of Topliss-reactive ketones (excluding diaryl/α,β-unsaturated/α-hetero) is 1. The van der Waals surface area contributed by atoms with E-state index in [1.807, 2.05) is 6.08 Å². The number of carbonyl (C=O) groups is 2. The molecule has 1 heterocycles. The quantitative estimate of drug-likeness (QED) is 0.612. The Balaban J connectivity index is 2.05. The number of nitro benzene ring substituents is 1. The summed E-state index contributed by atoms with van der Waals surface area (Å²) in [7, 11) is 0. The third-order valence-electron chi connectivity index (χ3n) is 5.20. The van der Waals surface area contributed by atoms with Crippen LogP contribution in [0.1, 0.15) is 31.7 Å². The second kappa shape index (κ2) is 6.28. The van der Waals surface area contributed by atoms with Gasteiger partial charge < -0.3 is 0 Å². The van der Waals surface area contributed by atoms with Gasteiger partial charge in [0.2, 0.25) is 0 Å². The predicted molar refractivity (Wildman–Crippen MR) is 88.8 cm³/mol. The van der Waals surface area contributed by atoms with E-state index in [-0.39, 0.29) is 23.3 Å². The summed E-state index contributed by atoms with van der Waals surface area (Å²) in [5.41, 5.74) is -0.380. The number of para-hydroxylation sites is 1. The fourth-order valence-electron chi connectivity index (χ4n) is 4.07. The smallest absolute Gasteiger partial charge is 0.273 e.